The Morgan fingerprint density at radius 2 is 1.93 bits per heavy atom. The Labute approximate surface area is 156 Å². The van der Waals surface area contributed by atoms with E-state index in [4.69, 9.17) is 4.74 Å². The molecule has 1 saturated heterocycles. The summed E-state index contributed by atoms with van der Waals surface area (Å²) in [5.74, 6) is -0.990. The lowest BCUT2D eigenvalue weighted by Gasteiger charge is -2.17. The lowest BCUT2D eigenvalue weighted by atomic mass is 10.1. The number of fused-ring (bicyclic) bond motifs is 1. The monoisotopic (exact) mass is 365 g/mol. The molecule has 2 aromatic rings. The maximum Gasteiger partial charge on any atom is 0.261 e. The number of aromatic nitrogens is 1. The number of amides is 3. The zero-order chi connectivity index (χ0) is 18.8. The van der Waals surface area contributed by atoms with Crippen molar-refractivity contribution in [1.29, 1.82) is 0 Å². The average molecular weight is 365 g/mol. The highest BCUT2D eigenvalue weighted by atomic mass is 16.5. The summed E-state index contributed by atoms with van der Waals surface area (Å²) in [4.78, 5) is 42.8. The SMILES string of the molecule is O=C(NCc1ccncc1)c1ccc2c(c1)C(=O)N(CC1CCCO1)C2=O. The summed E-state index contributed by atoms with van der Waals surface area (Å²) < 4.78 is 5.53. The largest absolute Gasteiger partial charge is 0.376 e. The smallest absolute Gasteiger partial charge is 0.261 e. The van der Waals surface area contributed by atoms with Crippen molar-refractivity contribution < 1.29 is 19.1 Å². The third-order valence-electron chi connectivity index (χ3n) is 4.85. The fourth-order valence-electron chi connectivity index (χ4n) is 3.37. The van der Waals surface area contributed by atoms with Crippen LogP contribution in [0.15, 0.2) is 42.7 Å². The maximum absolute atomic E-state index is 12.7. The molecule has 1 aromatic carbocycles. The molecule has 0 saturated carbocycles. The lowest BCUT2D eigenvalue weighted by Crippen LogP contribution is -2.36. The van der Waals surface area contributed by atoms with Crippen molar-refractivity contribution in [3.8, 4) is 0 Å². The standard InChI is InChI=1S/C20H19N3O4/c24-18(22-11-13-5-7-21-8-6-13)14-3-4-16-17(10-14)20(26)23(19(16)25)12-15-2-1-9-27-15/h3-8,10,15H,1-2,9,11-12H2,(H,22,24). The molecule has 27 heavy (non-hydrogen) atoms. The van der Waals surface area contributed by atoms with E-state index in [1.54, 1.807) is 24.5 Å². The van der Waals surface area contributed by atoms with Crippen LogP contribution < -0.4 is 5.32 Å². The van der Waals surface area contributed by atoms with Gasteiger partial charge in [-0.2, -0.15) is 0 Å². The molecule has 4 rings (SSSR count). The van der Waals surface area contributed by atoms with Gasteiger partial charge in [0.25, 0.3) is 17.7 Å². The number of rotatable bonds is 5. The van der Waals surface area contributed by atoms with E-state index in [0.29, 0.717) is 24.3 Å². The summed E-state index contributed by atoms with van der Waals surface area (Å²) in [7, 11) is 0. The number of pyridine rings is 1. The van der Waals surface area contributed by atoms with Gasteiger partial charge in [-0.15, -0.1) is 0 Å². The fourth-order valence-corrected chi connectivity index (χ4v) is 3.37. The number of benzene rings is 1. The van der Waals surface area contributed by atoms with Crippen molar-refractivity contribution in [2.45, 2.75) is 25.5 Å². The second-order valence-corrected chi connectivity index (χ2v) is 6.65. The van der Waals surface area contributed by atoms with Gasteiger partial charge in [0, 0.05) is 31.1 Å². The van der Waals surface area contributed by atoms with Crippen molar-refractivity contribution in [3.63, 3.8) is 0 Å². The van der Waals surface area contributed by atoms with Crippen LogP contribution in [0.1, 0.15) is 49.5 Å². The molecular formula is C20H19N3O4. The van der Waals surface area contributed by atoms with Crippen LogP contribution in [0.4, 0.5) is 0 Å². The minimum absolute atomic E-state index is 0.102. The van der Waals surface area contributed by atoms with Crippen LogP contribution in [0.3, 0.4) is 0 Å². The molecule has 2 aliphatic rings. The molecule has 138 valence electrons. The third kappa shape index (κ3) is 3.46. The summed E-state index contributed by atoms with van der Waals surface area (Å²) in [6, 6.07) is 8.24. The van der Waals surface area contributed by atoms with Gasteiger partial charge in [0.1, 0.15) is 0 Å². The van der Waals surface area contributed by atoms with Crippen LogP contribution in [0.25, 0.3) is 0 Å². The molecule has 1 N–H and O–H groups in total. The maximum atomic E-state index is 12.7. The van der Waals surface area contributed by atoms with Gasteiger partial charge in [-0.3, -0.25) is 24.3 Å². The van der Waals surface area contributed by atoms with E-state index < -0.39 is 0 Å². The van der Waals surface area contributed by atoms with E-state index in [2.05, 4.69) is 10.3 Å². The van der Waals surface area contributed by atoms with Gasteiger partial charge in [0.15, 0.2) is 0 Å². The Bertz CT molecular complexity index is 891. The van der Waals surface area contributed by atoms with Crippen LogP contribution in [-0.2, 0) is 11.3 Å². The Hall–Kier alpha value is -3.06. The number of carbonyl (C=O) groups is 3. The first-order valence-electron chi connectivity index (χ1n) is 8.92. The molecule has 2 aliphatic heterocycles. The zero-order valence-electron chi connectivity index (χ0n) is 14.7. The first-order valence-corrected chi connectivity index (χ1v) is 8.92. The minimum atomic E-state index is -0.366. The summed E-state index contributed by atoms with van der Waals surface area (Å²) in [5.41, 5.74) is 1.88. The van der Waals surface area contributed by atoms with E-state index in [1.165, 1.54) is 11.0 Å². The molecule has 1 fully saturated rings. The average Bonchev–Trinajstić information content (AvgIpc) is 3.30. The van der Waals surface area contributed by atoms with Gasteiger partial charge in [-0.25, -0.2) is 0 Å². The number of carbonyl (C=O) groups excluding carboxylic acids is 3. The Balaban J connectivity index is 1.47. The van der Waals surface area contributed by atoms with Crippen molar-refractivity contribution in [3.05, 3.63) is 65.0 Å². The van der Waals surface area contributed by atoms with E-state index in [-0.39, 0.29) is 35.9 Å². The number of hydrogen-bond acceptors (Lipinski definition) is 5. The van der Waals surface area contributed by atoms with Crippen molar-refractivity contribution in [2.24, 2.45) is 0 Å². The van der Waals surface area contributed by atoms with Crippen LogP contribution in [0.2, 0.25) is 0 Å². The number of hydrogen-bond donors (Lipinski definition) is 1. The number of nitrogens with one attached hydrogen (secondary N) is 1. The molecule has 1 unspecified atom stereocenters. The third-order valence-corrected chi connectivity index (χ3v) is 4.85. The quantitative estimate of drug-likeness (QED) is 0.816. The molecular weight excluding hydrogens is 346 g/mol. The van der Waals surface area contributed by atoms with Gasteiger partial charge < -0.3 is 10.1 Å². The second-order valence-electron chi connectivity index (χ2n) is 6.65. The Morgan fingerprint density at radius 3 is 2.67 bits per heavy atom. The summed E-state index contributed by atoms with van der Waals surface area (Å²) in [6.45, 7) is 1.28. The minimum Gasteiger partial charge on any atom is -0.376 e. The lowest BCUT2D eigenvalue weighted by molar-refractivity contribution is 0.0475. The topological polar surface area (TPSA) is 88.6 Å². The number of nitrogens with zero attached hydrogens (tertiary/aromatic N) is 2. The first kappa shape index (κ1) is 17.4. The molecule has 0 radical (unpaired) electrons. The van der Waals surface area contributed by atoms with Gasteiger partial charge in [-0.05, 0) is 48.7 Å². The van der Waals surface area contributed by atoms with Crippen molar-refractivity contribution >= 4 is 17.7 Å². The van der Waals surface area contributed by atoms with Gasteiger partial charge in [0.2, 0.25) is 0 Å². The highest BCUT2D eigenvalue weighted by Gasteiger charge is 2.37. The Kier molecular flexibility index (Phi) is 4.68. The van der Waals surface area contributed by atoms with Crippen LogP contribution in [-0.4, -0.2) is 46.9 Å². The van der Waals surface area contributed by atoms with E-state index in [0.717, 1.165) is 18.4 Å². The molecule has 0 bridgehead atoms. The molecule has 3 heterocycles. The number of ether oxygens (including phenoxy) is 1. The predicted octanol–water partition coefficient (Wildman–Crippen LogP) is 1.79. The zero-order valence-corrected chi connectivity index (χ0v) is 14.7. The molecule has 7 heteroatoms. The molecule has 1 aromatic heterocycles. The first-order chi connectivity index (χ1) is 13.1. The normalized spacial score (nSPS) is 18.7. The van der Waals surface area contributed by atoms with Crippen LogP contribution in [0, 0.1) is 0 Å². The van der Waals surface area contributed by atoms with Crippen molar-refractivity contribution in [2.75, 3.05) is 13.2 Å². The van der Waals surface area contributed by atoms with Crippen molar-refractivity contribution in [1.82, 2.24) is 15.2 Å². The summed E-state index contributed by atoms with van der Waals surface area (Å²) in [5, 5.41) is 2.81. The Morgan fingerprint density at radius 1 is 1.15 bits per heavy atom. The highest BCUT2D eigenvalue weighted by molar-refractivity contribution is 6.22. The van der Waals surface area contributed by atoms with Crippen LogP contribution in [0.5, 0.6) is 0 Å². The van der Waals surface area contributed by atoms with Crippen LogP contribution >= 0.6 is 0 Å². The van der Waals surface area contributed by atoms with Gasteiger partial charge >= 0.3 is 0 Å². The molecule has 0 spiro atoms. The molecule has 1 atom stereocenters. The van der Waals surface area contributed by atoms with E-state index >= 15 is 0 Å². The van der Waals surface area contributed by atoms with Gasteiger partial charge in [-0.1, -0.05) is 0 Å². The molecule has 0 aliphatic carbocycles. The predicted molar refractivity (Wildman–Crippen MR) is 96.2 cm³/mol. The highest BCUT2D eigenvalue weighted by Crippen LogP contribution is 2.26. The van der Waals surface area contributed by atoms with Gasteiger partial charge in [0.05, 0.1) is 23.8 Å². The molecule has 7 nitrogen and oxygen atoms in total. The molecule has 3 amide bonds. The number of imide groups is 1. The van der Waals surface area contributed by atoms with E-state index in [9.17, 15) is 14.4 Å². The second kappa shape index (κ2) is 7.28. The fraction of sp³-hybridized carbons (Fsp3) is 0.300. The summed E-state index contributed by atoms with van der Waals surface area (Å²) >= 11 is 0. The summed E-state index contributed by atoms with van der Waals surface area (Å²) in [6.07, 6.45) is 5.00. The van der Waals surface area contributed by atoms with E-state index in [1.807, 2.05) is 12.1 Å².